The Labute approximate surface area is 167 Å². The van der Waals surface area contributed by atoms with Gasteiger partial charge in [0.1, 0.15) is 0 Å². The number of carbonyl (C=O) groups excluding carboxylic acids is 1. The molecule has 0 spiro atoms. The zero-order valence-corrected chi connectivity index (χ0v) is 17.4. The van der Waals surface area contributed by atoms with Crippen LogP contribution in [0, 0.1) is 5.92 Å². The molecule has 2 aliphatic rings. The van der Waals surface area contributed by atoms with Gasteiger partial charge >= 0.3 is 0 Å². The van der Waals surface area contributed by atoms with E-state index < -0.39 is 0 Å². The molecule has 0 N–H and O–H groups in total. The van der Waals surface area contributed by atoms with Gasteiger partial charge in [-0.2, -0.15) is 0 Å². The third-order valence-corrected chi connectivity index (χ3v) is 5.81. The Kier molecular flexibility index (Phi) is 6.88. The molecule has 2 fully saturated rings. The van der Waals surface area contributed by atoms with Gasteiger partial charge in [0.25, 0.3) is 5.91 Å². The van der Waals surface area contributed by atoms with Crippen molar-refractivity contribution in [2.24, 2.45) is 5.92 Å². The summed E-state index contributed by atoms with van der Waals surface area (Å²) in [5.41, 5.74) is 0.565. The molecule has 0 saturated carbocycles. The molecule has 2 heterocycles. The van der Waals surface area contributed by atoms with Crippen molar-refractivity contribution in [3.8, 4) is 11.5 Å². The molecule has 2 aliphatic heterocycles. The molecule has 27 heavy (non-hydrogen) atoms. The quantitative estimate of drug-likeness (QED) is 0.698. The summed E-state index contributed by atoms with van der Waals surface area (Å²) < 4.78 is 11.3. The van der Waals surface area contributed by atoms with Crippen LogP contribution in [0.25, 0.3) is 0 Å². The van der Waals surface area contributed by atoms with Crippen LogP contribution in [-0.4, -0.2) is 61.6 Å². The zero-order valence-electron chi connectivity index (χ0n) is 16.7. The summed E-state index contributed by atoms with van der Waals surface area (Å²) in [7, 11) is 1.58. The molecule has 1 aromatic rings. The van der Waals surface area contributed by atoms with Gasteiger partial charge in [0.15, 0.2) is 11.5 Å². The molecule has 0 aromatic heterocycles. The number of ether oxygens (including phenoxy) is 2. The second-order valence-electron chi connectivity index (χ2n) is 7.96. The lowest BCUT2D eigenvalue weighted by Crippen LogP contribution is -2.37. The van der Waals surface area contributed by atoms with Crippen molar-refractivity contribution < 1.29 is 14.3 Å². The first-order valence-electron chi connectivity index (χ1n) is 10.0. The summed E-state index contributed by atoms with van der Waals surface area (Å²) in [5.74, 6) is 1.61. The maximum atomic E-state index is 13.0. The number of methoxy groups -OCH3 is 1. The van der Waals surface area contributed by atoms with Gasteiger partial charge in [0, 0.05) is 24.7 Å². The van der Waals surface area contributed by atoms with Gasteiger partial charge < -0.3 is 14.4 Å². The standard InChI is InChI=1S/C21H31ClN2O3/c1-15(2)7-11-27-20-18(22)12-16(13-19(20)26-3)21(25)24-10-6-17(14-24)23-8-4-5-9-23/h12-13,15,17H,4-11,14H2,1-3H3. The van der Waals surface area contributed by atoms with Crippen LogP contribution in [0.15, 0.2) is 12.1 Å². The number of benzene rings is 1. The highest BCUT2D eigenvalue weighted by Gasteiger charge is 2.32. The number of nitrogens with zero attached hydrogens (tertiary/aromatic N) is 2. The number of rotatable bonds is 7. The predicted molar refractivity (Wildman–Crippen MR) is 108 cm³/mol. The van der Waals surface area contributed by atoms with Crippen molar-refractivity contribution in [3.05, 3.63) is 22.7 Å². The minimum absolute atomic E-state index is 0.0191. The lowest BCUT2D eigenvalue weighted by atomic mass is 10.1. The first-order valence-corrected chi connectivity index (χ1v) is 10.4. The molecule has 0 radical (unpaired) electrons. The summed E-state index contributed by atoms with van der Waals surface area (Å²) >= 11 is 6.43. The monoisotopic (exact) mass is 394 g/mol. The van der Waals surface area contributed by atoms with Crippen LogP contribution < -0.4 is 9.47 Å². The van der Waals surface area contributed by atoms with Crippen LogP contribution in [0.1, 0.15) is 49.9 Å². The summed E-state index contributed by atoms with van der Waals surface area (Å²) in [6.45, 7) is 8.79. The van der Waals surface area contributed by atoms with Gasteiger partial charge in [-0.1, -0.05) is 25.4 Å². The van der Waals surface area contributed by atoms with Crippen molar-refractivity contribution in [2.75, 3.05) is 39.9 Å². The largest absolute Gasteiger partial charge is 0.493 e. The Morgan fingerprint density at radius 2 is 2.00 bits per heavy atom. The van der Waals surface area contributed by atoms with E-state index in [0.29, 0.717) is 40.7 Å². The molecular weight excluding hydrogens is 364 g/mol. The normalized spacial score (nSPS) is 20.5. The topological polar surface area (TPSA) is 42.0 Å². The molecule has 1 unspecified atom stereocenters. The van der Waals surface area contributed by atoms with E-state index in [1.807, 2.05) is 4.90 Å². The number of carbonyl (C=O) groups is 1. The molecule has 3 rings (SSSR count). The fraction of sp³-hybridized carbons (Fsp3) is 0.667. The maximum absolute atomic E-state index is 13.0. The van der Waals surface area contributed by atoms with E-state index in [1.54, 1.807) is 19.2 Å². The van der Waals surface area contributed by atoms with E-state index in [4.69, 9.17) is 21.1 Å². The minimum Gasteiger partial charge on any atom is -0.493 e. The van der Waals surface area contributed by atoms with E-state index in [1.165, 1.54) is 12.8 Å². The third kappa shape index (κ3) is 4.88. The SMILES string of the molecule is COc1cc(C(=O)N2CCC(N3CCCC3)C2)cc(Cl)c1OCCC(C)C. The molecule has 150 valence electrons. The Morgan fingerprint density at radius 1 is 1.26 bits per heavy atom. The maximum Gasteiger partial charge on any atom is 0.254 e. The van der Waals surface area contributed by atoms with E-state index in [0.717, 1.165) is 39.0 Å². The molecule has 2 saturated heterocycles. The number of likely N-dealkylation sites (tertiary alicyclic amines) is 2. The Bertz CT molecular complexity index is 659. The van der Waals surface area contributed by atoms with E-state index in [2.05, 4.69) is 18.7 Å². The van der Waals surface area contributed by atoms with Gasteiger partial charge in [-0.05, 0) is 56.8 Å². The number of halogens is 1. The van der Waals surface area contributed by atoms with Gasteiger partial charge in [-0.15, -0.1) is 0 Å². The van der Waals surface area contributed by atoms with Crippen LogP contribution in [0.5, 0.6) is 11.5 Å². The molecule has 6 heteroatoms. The van der Waals surface area contributed by atoms with Crippen LogP contribution >= 0.6 is 11.6 Å². The Balaban J connectivity index is 1.68. The molecule has 0 aliphatic carbocycles. The second kappa shape index (κ2) is 9.16. The lowest BCUT2D eigenvalue weighted by Gasteiger charge is -2.24. The number of hydrogen-bond donors (Lipinski definition) is 0. The number of amides is 1. The first-order chi connectivity index (χ1) is 13.0. The zero-order chi connectivity index (χ0) is 19.4. The second-order valence-corrected chi connectivity index (χ2v) is 8.36. The predicted octanol–water partition coefficient (Wildman–Crippen LogP) is 4.08. The van der Waals surface area contributed by atoms with Gasteiger partial charge in [-0.3, -0.25) is 9.69 Å². The first kappa shape index (κ1) is 20.3. The molecule has 1 amide bonds. The highest BCUT2D eigenvalue weighted by atomic mass is 35.5. The van der Waals surface area contributed by atoms with Crippen molar-refractivity contribution in [1.82, 2.24) is 9.80 Å². The molecular formula is C21H31ClN2O3. The highest BCUT2D eigenvalue weighted by Crippen LogP contribution is 2.37. The smallest absolute Gasteiger partial charge is 0.254 e. The van der Waals surface area contributed by atoms with Gasteiger partial charge in [0.2, 0.25) is 0 Å². The lowest BCUT2D eigenvalue weighted by molar-refractivity contribution is 0.0779. The third-order valence-electron chi connectivity index (χ3n) is 5.53. The fourth-order valence-electron chi connectivity index (χ4n) is 3.89. The molecule has 5 nitrogen and oxygen atoms in total. The summed E-state index contributed by atoms with van der Waals surface area (Å²) in [4.78, 5) is 17.5. The summed E-state index contributed by atoms with van der Waals surface area (Å²) in [6.07, 6.45) is 4.53. The van der Waals surface area contributed by atoms with E-state index in [9.17, 15) is 4.79 Å². The fourth-order valence-corrected chi connectivity index (χ4v) is 4.16. The molecule has 1 aromatic carbocycles. The van der Waals surface area contributed by atoms with Gasteiger partial charge in [0.05, 0.1) is 18.7 Å². The molecule has 1 atom stereocenters. The van der Waals surface area contributed by atoms with Crippen LogP contribution in [0.2, 0.25) is 5.02 Å². The summed E-state index contributed by atoms with van der Waals surface area (Å²) in [6, 6.07) is 3.95. The van der Waals surface area contributed by atoms with Crippen molar-refractivity contribution in [3.63, 3.8) is 0 Å². The van der Waals surface area contributed by atoms with Gasteiger partial charge in [-0.25, -0.2) is 0 Å². The van der Waals surface area contributed by atoms with Crippen molar-refractivity contribution >= 4 is 17.5 Å². The van der Waals surface area contributed by atoms with Crippen LogP contribution in [0.3, 0.4) is 0 Å². The minimum atomic E-state index is 0.0191. The van der Waals surface area contributed by atoms with Crippen LogP contribution in [-0.2, 0) is 0 Å². The van der Waals surface area contributed by atoms with Crippen molar-refractivity contribution in [1.29, 1.82) is 0 Å². The average molecular weight is 395 g/mol. The number of hydrogen-bond acceptors (Lipinski definition) is 4. The Hall–Kier alpha value is -1.46. The highest BCUT2D eigenvalue weighted by molar-refractivity contribution is 6.32. The van der Waals surface area contributed by atoms with Crippen LogP contribution in [0.4, 0.5) is 0 Å². The Morgan fingerprint density at radius 3 is 2.67 bits per heavy atom. The van der Waals surface area contributed by atoms with E-state index >= 15 is 0 Å². The summed E-state index contributed by atoms with van der Waals surface area (Å²) in [5, 5.41) is 0.428. The molecule has 0 bridgehead atoms. The van der Waals surface area contributed by atoms with E-state index in [-0.39, 0.29) is 5.91 Å². The van der Waals surface area contributed by atoms with Crippen molar-refractivity contribution in [2.45, 2.75) is 45.6 Å². The average Bonchev–Trinajstić information content (AvgIpc) is 3.33.